The number of hydrogen-bond acceptors (Lipinski definition) is 2. The van der Waals surface area contributed by atoms with Crippen molar-refractivity contribution in [2.75, 3.05) is 26.3 Å². The van der Waals surface area contributed by atoms with E-state index in [2.05, 4.69) is 40.6 Å². The lowest BCUT2D eigenvalue weighted by Gasteiger charge is -2.37. The number of morpholine rings is 1. The smallest absolute Gasteiger partial charge is 0.0594 e. The van der Waals surface area contributed by atoms with E-state index < -0.39 is 0 Å². The normalized spacial score (nSPS) is 23.9. The molecule has 1 atom stereocenters. The average Bonchev–Trinajstić information content (AvgIpc) is 2.82. The van der Waals surface area contributed by atoms with Gasteiger partial charge in [-0.3, -0.25) is 4.90 Å². The summed E-state index contributed by atoms with van der Waals surface area (Å²) < 4.78 is 7.93. The van der Waals surface area contributed by atoms with Gasteiger partial charge in [-0.2, -0.15) is 0 Å². The summed E-state index contributed by atoms with van der Waals surface area (Å²) in [6, 6.07) is 7.15. The Morgan fingerprint density at radius 3 is 2.90 bits per heavy atom. The van der Waals surface area contributed by atoms with Crippen molar-refractivity contribution in [3.05, 3.63) is 41.2 Å². The topological polar surface area (TPSA) is 16.9 Å². The Labute approximate surface area is 120 Å². The van der Waals surface area contributed by atoms with Gasteiger partial charge in [-0.15, -0.1) is 0 Å². The van der Waals surface area contributed by atoms with Crippen LogP contribution in [0.4, 0.5) is 0 Å². The maximum absolute atomic E-state index is 5.52. The zero-order valence-electron chi connectivity index (χ0n) is 12.1. The van der Waals surface area contributed by atoms with Crippen LogP contribution < -0.4 is 0 Å². The Hall–Kier alpha value is -1.32. The zero-order chi connectivity index (χ0) is 13.5. The molecule has 0 amide bonds. The third kappa shape index (κ3) is 1.80. The number of aryl methyl sites for hydroxylation is 2. The molecule has 3 nitrogen and oxygen atoms in total. The molecule has 0 aromatic carbocycles. The van der Waals surface area contributed by atoms with Crippen LogP contribution >= 0.6 is 0 Å². The number of nitrogens with zero attached hydrogens (tertiary/aromatic N) is 2. The second kappa shape index (κ2) is 4.90. The van der Waals surface area contributed by atoms with Crippen molar-refractivity contribution >= 4 is 5.52 Å². The minimum absolute atomic E-state index is 0.600. The van der Waals surface area contributed by atoms with Crippen LogP contribution in [0, 0.1) is 6.92 Å². The number of aromatic nitrogens is 1. The maximum atomic E-state index is 5.52. The summed E-state index contributed by atoms with van der Waals surface area (Å²) >= 11 is 0. The van der Waals surface area contributed by atoms with Crippen molar-refractivity contribution < 1.29 is 4.74 Å². The van der Waals surface area contributed by atoms with Crippen molar-refractivity contribution in [1.82, 2.24) is 9.30 Å². The number of fused-ring (bicyclic) bond motifs is 3. The minimum Gasteiger partial charge on any atom is -0.379 e. The molecule has 106 valence electrons. The van der Waals surface area contributed by atoms with Gasteiger partial charge in [-0.1, -0.05) is 6.07 Å². The summed E-state index contributed by atoms with van der Waals surface area (Å²) in [7, 11) is 0. The Kier molecular flexibility index (Phi) is 3.04. The highest BCUT2D eigenvalue weighted by atomic mass is 16.5. The van der Waals surface area contributed by atoms with Gasteiger partial charge >= 0.3 is 0 Å². The van der Waals surface area contributed by atoms with Crippen molar-refractivity contribution in [3.63, 3.8) is 0 Å². The van der Waals surface area contributed by atoms with E-state index in [1.54, 1.807) is 11.3 Å². The molecule has 3 heteroatoms. The van der Waals surface area contributed by atoms with E-state index in [9.17, 15) is 0 Å². The maximum Gasteiger partial charge on any atom is 0.0594 e. The molecular formula is C17H22N2O. The van der Waals surface area contributed by atoms with Crippen LogP contribution in [-0.4, -0.2) is 35.6 Å². The van der Waals surface area contributed by atoms with Crippen molar-refractivity contribution in [2.24, 2.45) is 0 Å². The predicted octanol–water partition coefficient (Wildman–Crippen LogP) is 2.96. The summed E-state index contributed by atoms with van der Waals surface area (Å²) in [6.07, 6.45) is 6.04. The molecule has 1 unspecified atom stereocenters. The summed E-state index contributed by atoms with van der Waals surface area (Å²) in [5.74, 6) is 0. The molecular weight excluding hydrogens is 248 g/mol. The molecule has 0 bridgehead atoms. The first-order valence-electron chi connectivity index (χ1n) is 7.76. The quantitative estimate of drug-likeness (QED) is 0.792. The first-order valence-corrected chi connectivity index (χ1v) is 7.76. The van der Waals surface area contributed by atoms with Gasteiger partial charge in [-0.25, -0.2) is 0 Å². The molecule has 2 aromatic rings. The van der Waals surface area contributed by atoms with E-state index in [4.69, 9.17) is 4.74 Å². The van der Waals surface area contributed by atoms with Crippen molar-refractivity contribution in [2.45, 2.75) is 32.2 Å². The predicted molar refractivity (Wildman–Crippen MR) is 80.2 cm³/mol. The number of pyridine rings is 1. The molecule has 2 aliphatic rings. The van der Waals surface area contributed by atoms with Gasteiger partial charge in [0.2, 0.25) is 0 Å². The number of hydrogen-bond donors (Lipinski definition) is 0. The SMILES string of the molecule is Cc1c2c(n3ccccc13)CCCC2N1CCOCC1. The van der Waals surface area contributed by atoms with E-state index in [1.807, 2.05) is 0 Å². The fraction of sp³-hybridized carbons (Fsp3) is 0.529. The van der Waals surface area contributed by atoms with Crippen molar-refractivity contribution in [3.8, 4) is 0 Å². The highest BCUT2D eigenvalue weighted by Crippen LogP contribution is 2.39. The fourth-order valence-corrected chi connectivity index (χ4v) is 4.03. The summed E-state index contributed by atoms with van der Waals surface area (Å²) in [4.78, 5) is 2.63. The largest absolute Gasteiger partial charge is 0.379 e. The van der Waals surface area contributed by atoms with Gasteiger partial charge in [0.25, 0.3) is 0 Å². The lowest BCUT2D eigenvalue weighted by molar-refractivity contribution is 0.0122. The average molecular weight is 270 g/mol. The van der Waals surface area contributed by atoms with E-state index in [0.717, 1.165) is 26.3 Å². The highest BCUT2D eigenvalue weighted by Gasteiger charge is 2.31. The molecule has 1 fully saturated rings. The van der Waals surface area contributed by atoms with Gasteiger partial charge in [0.05, 0.1) is 13.2 Å². The molecule has 1 aliphatic carbocycles. The third-order valence-electron chi connectivity index (χ3n) is 4.96. The first kappa shape index (κ1) is 12.4. The summed E-state index contributed by atoms with van der Waals surface area (Å²) in [5.41, 5.74) is 6.01. The molecule has 1 saturated heterocycles. The molecule has 20 heavy (non-hydrogen) atoms. The molecule has 0 saturated carbocycles. The Balaban J connectivity index is 1.83. The minimum atomic E-state index is 0.600. The summed E-state index contributed by atoms with van der Waals surface area (Å²) in [6.45, 7) is 6.23. The van der Waals surface area contributed by atoms with Crippen LogP contribution in [0.5, 0.6) is 0 Å². The third-order valence-corrected chi connectivity index (χ3v) is 4.96. The Morgan fingerprint density at radius 1 is 1.20 bits per heavy atom. The molecule has 1 aliphatic heterocycles. The van der Waals surface area contributed by atoms with Gasteiger partial charge < -0.3 is 9.14 Å². The van der Waals surface area contributed by atoms with Gasteiger partial charge in [0.1, 0.15) is 0 Å². The van der Waals surface area contributed by atoms with Crippen LogP contribution in [0.25, 0.3) is 5.52 Å². The molecule has 0 spiro atoms. The van der Waals surface area contributed by atoms with E-state index in [-0.39, 0.29) is 0 Å². The fourth-order valence-electron chi connectivity index (χ4n) is 4.03. The van der Waals surface area contributed by atoms with Crippen LogP contribution in [0.2, 0.25) is 0 Å². The number of rotatable bonds is 1. The number of ether oxygens (including phenoxy) is 1. The van der Waals surface area contributed by atoms with Crippen LogP contribution in [-0.2, 0) is 11.2 Å². The van der Waals surface area contributed by atoms with E-state index >= 15 is 0 Å². The molecule has 0 N–H and O–H groups in total. The summed E-state index contributed by atoms with van der Waals surface area (Å²) in [5, 5.41) is 0. The second-order valence-electron chi connectivity index (χ2n) is 6.00. The monoisotopic (exact) mass is 270 g/mol. The molecule has 3 heterocycles. The molecule has 2 aromatic heterocycles. The second-order valence-corrected chi connectivity index (χ2v) is 6.00. The van der Waals surface area contributed by atoms with Gasteiger partial charge in [0.15, 0.2) is 0 Å². The zero-order valence-corrected chi connectivity index (χ0v) is 12.1. The lowest BCUT2D eigenvalue weighted by atomic mass is 9.89. The standard InChI is InChI=1S/C17H22N2O/c1-13-14-5-2-3-8-19(14)16-7-4-6-15(17(13)16)18-9-11-20-12-10-18/h2-3,5,8,15H,4,6-7,9-12H2,1H3. The molecule has 4 rings (SSSR count). The van der Waals surface area contributed by atoms with E-state index in [1.165, 1.54) is 30.3 Å². The van der Waals surface area contributed by atoms with Crippen LogP contribution in [0.15, 0.2) is 24.4 Å². The van der Waals surface area contributed by atoms with Crippen molar-refractivity contribution in [1.29, 1.82) is 0 Å². The highest BCUT2D eigenvalue weighted by molar-refractivity contribution is 5.62. The van der Waals surface area contributed by atoms with Gasteiger partial charge in [-0.05, 0) is 49.4 Å². The van der Waals surface area contributed by atoms with Gasteiger partial charge in [0, 0.05) is 36.5 Å². The van der Waals surface area contributed by atoms with E-state index in [0.29, 0.717) is 6.04 Å². The lowest BCUT2D eigenvalue weighted by Crippen LogP contribution is -2.40. The Bertz CT molecular complexity index is 625. The Morgan fingerprint density at radius 2 is 2.05 bits per heavy atom. The van der Waals surface area contributed by atoms with Crippen LogP contribution in [0.1, 0.15) is 35.7 Å². The molecule has 0 radical (unpaired) electrons. The van der Waals surface area contributed by atoms with Crippen LogP contribution in [0.3, 0.4) is 0 Å². The first-order chi connectivity index (χ1) is 9.86.